The predicted octanol–water partition coefficient (Wildman–Crippen LogP) is 4.40. The molecule has 8 nitrogen and oxygen atoms in total. The highest BCUT2D eigenvalue weighted by Gasteiger charge is 2.21. The Hall–Kier alpha value is -3.14. The summed E-state index contributed by atoms with van der Waals surface area (Å²) in [6.07, 6.45) is 2.74. The molecule has 0 spiro atoms. The van der Waals surface area contributed by atoms with Gasteiger partial charge in [-0.05, 0) is 52.9 Å². The summed E-state index contributed by atoms with van der Waals surface area (Å²) < 4.78 is 29.5. The van der Waals surface area contributed by atoms with Crippen LogP contribution in [0.2, 0.25) is 0 Å². The van der Waals surface area contributed by atoms with Crippen LogP contribution >= 0.6 is 0 Å². The Bertz CT molecular complexity index is 1110. The first-order valence-corrected chi connectivity index (χ1v) is 11.3. The summed E-state index contributed by atoms with van der Waals surface area (Å²) in [5.74, 6) is 0.707. The number of likely N-dealkylation sites (tertiary alicyclic amines) is 1. The van der Waals surface area contributed by atoms with Gasteiger partial charge < -0.3 is 15.5 Å². The molecule has 1 aliphatic heterocycles. The van der Waals surface area contributed by atoms with Gasteiger partial charge in [-0.3, -0.25) is 4.68 Å². The van der Waals surface area contributed by atoms with E-state index in [9.17, 15) is 8.78 Å². The molecule has 1 aliphatic rings. The highest BCUT2D eigenvalue weighted by Crippen LogP contribution is 2.26. The lowest BCUT2D eigenvalue weighted by molar-refractivity contribution is 0.211. The van der Waals surface area contributed by atoms with Crippen molar-refractivity contribution in [3.05, 3.63) is 53.0 Å². The number of rotatable bonds is 7. The highest BCUT2D eigenvalue weighted by atomic mass is 19.1. The van der Waals surface area contributed by atoms with Crippen LogP contribution in [0.3, 0.4) is 0 Å². The van der Waals surface area contributed by atoms with Crippen molar-refractivity contribution in [2.45, 2.75) is 52.1 Å². The van der Waals surface area contributed by atoms with E-state index in [1.54, 1.807) is 6.92 Å². The summed E-state index contributed by atoms with van der Waals surface area (Å²) in [4.78, 5) is 15.7. The van der Waals surface area contributed by atoms with Gasteiger partial charge in [0.1, 0.15) is 17.5 Å². The van der Waals surface area contributed by atoms with E-state index in [1.807, 2.05) is 19.9 Å². The van der Waals surface area contributed by atoms with E-state index in [0.29, 0.717) is 41.6 Å². The zero-order valence-corrected chi connectivity index (χ0v) is 19.4. The molecule has 2 N–H and O–H groups in total. The predicted molar refractivity (Wildman–Crippen MR) is 124 cm³/mol. The van der Waals surface area contributed by atoms with E-state index >= 15 is 0 Å². The number of nitrogens with zero attached hydrogens (tertiary/aromatic N) is 6. The van der Waals surface area contributed by atoms with Crippen molar-refractivity contribution in [2.24, 2.45) is 0 Å². The number of benzene rings is 1. The first-order valence-electron chi connectivity index (χ1n) is 11.3. The van der Waals surface area contributed by atoms with Gasteiger partial charge in [0.25, 0.3) is 0 Å². The van der Waals surface area contributed by atoms with E-state index in [1.165, 1.54) is 12.1 Å². The average Bonchev–Trinajstić information content (AvgIpc) is 3.13. The number of nitrogens with one attached hydrogen (secondary N) is 2. The van der Waals surface area contributed by atoms with Gasteiger partial charge in [0.05, 0.1) is 12.1 Å². The zero-order chi connectivity index (χ0) is 23.5. The fourth-order valence-electron chi connectivity index (χ4n) is 4.10. The van der Waals surface area contributed by atoms with Gasteiger partial charge >= 0.3 is 0 Å². The highest BCUT2D eigenvalue weighted by molar-refractivity contribution is 5.50. The number of hydrogen-bond acceptors (Lipinski definition) is 7. The zero-order valence-electron chi connectivity index (χ0n) is 19.4. The topological polar surface area (TPSA) is 83.8 Å². The van der Waals surface area contributed by atoms with Crippen molar-refractivity contribution in [2.75, 3.05) is 30.8 Å². The first-order chi connectivity index (χ1) is 15.8. The molecule has 1 unspecified atom stereocenters. The first kappa shape index (κ1) is 23.0. The number of halogens is 2. The SMILES string of the molecule is CCc1nc(Nc2cc(C)n(C3CCN(C)CC3)n2)nc(NC(C)c2ccc(F)cc2F)n1. The summed E-state index contributed by atoms with van der Waals surface area (Å²) in [5, 5.41) is 11.0. The lowest BCUT2D eigenvalue weighted by Crippen LogP contribution is -2.32. The van der Waals surface area contributed by atoms with Crippen LogP contribution in [0.1, 0.15) is 55.9 Å². The Balaban J connectivity index is 1.52. The van der Waals surface area contributed by atoms with Crippen molar-refractivity contribution in [3.63, 3.8) is 0 Å². The minimum absolute atomic E-state index is 0.312. The minimum atomic E-state index is -0.618. The van der Waals surface area contributed by atoms with Gasteiger partial charge in [0.2, 0.25) is 11.9 Å². The van der Waals surface area contributed by atoms with E-state index in [0.717, 1.165) is 37.7 Å². The Morgan fingerprint density at radius 3 is 2.52 bits per heavy atom. The molecule has 1 saturated heterocycles. The molecule has 0 amide bonds. The Kier molecular flexibility index (Phi) is 6.83. The smallest absolute Gasteiger partial charge is 0.233 e. The second-order valence-corrected chi connectivity index (χ2v) is 8.56. The largest absolute Gasteiger partial charge is 0.347 e. The van der Waals surface area contributed by atoms with Crippen molar-refractivity contribution < 1.29 is 8.78 Å². The van der Waals surface area contributed by atoms with Gasteiger partial charge in [-0.25, -0.2) is 8.78 Å². The lowest BCUT2D eigenvalue weighted by Gasteiger charge is -2.29. The maximum atomic E-state index is 14.2. The molecule has 0 saturated carbocycles. The van der Waals surface area contributed by atoms with Crippen LogP contribution in [0, 0.1) is 18.6 Å². The van der Waals surface area contributed by atoms with Crippen molar-refractivity contribution >= 4 is 17.7 Å². The summed E-state index contributed by atoms with van der Waals surface area (Å²) >= 11 is 0. The van der Waals surface area contributed by atoms with E-state index in [-0.39, 0.29) is 0 Å². The van der Waals surface area contributed by atoms with Gasteiger partial charge in [0.15, 0.2) is 5.82 Å². The normalized spacial score (nSPS) is 16.1. The van der Waals surface area contributed by atoms with Crippen LogP contribution in [0.4, 0.5) is 26.5 Å². The Labute approximate surface area is 192 Å². The summed E-state index contributed by atoms with van der Waals surface area (Å²) in [5.41, 5.74) is 1.41. The minimum Gasteiger partial charge on any atom is -0.347 e. The van der Waals surface area contributed by atoms with Crippen molar-refractivity contribution in [1.29, 1.82) is 0 Å². The number of aromatic nitrogens is 5. The molecule has 3 heterocycles. The molecule has 4 rings (SSSR count). The molecule has 1 aromatic carbocycles. The molecule has 2 aromatic heterocycles. The molecule has 1 fully saturated rings. The summed E-state index contributed by atoms with van der Waals surface area (Å²) in [6.45, 7) is 7.88. The summed E-state index contributed by atoms with van der Waals surface area (Å²) in [6, 6.07) is 5.42. The van der Waals surface area contributed by atoms with Crippen LogP contribution in [-0.4, -0.2) is 49.8 Å². The Morgan fingerprint density at radius 1 is 1.09 bits per heavy atom. The molecule has 3 aromatic rings. The molecule has 176 valence electrons. The van der Waals surface area contributed by atoms with Crippen LogP contribution in [0.15, 0.2) is 24.3 Å². The standard InChI is InChI=1S/C23H30F2N8/c1-5-20-27-22(26-15(3)18-7-6-16(24)13-19(18)25)30-23(28-20)29-21-12-14(2)33(31-21)17-8-10-32(4)11-9-17/h6-7,12-13,15,17H,5,8-11H2,1-4H3,(H2,26,27,28,29,30,31). The number of anilines is 3. The van der Waals surface area contributed by atoms with Gasteiger partial charge in [-0.15, -0.1) is 0 Å². The molecule has 0 aliphatic carbocycles. The van der Waals surface area contributed by atoms with Gasteiger partial charge in [-0.1, -0.05) is 13.0 Å². The van der Waals surface area contributed by atoms with Crippen molar-refractivity contribution in [1.82, 2.24) is 29.6 Å². The third kappa shape index (κ3) is 5.44. The molecule has 33 heavy (non-hydrogen) atoms. The van der Waals surface area contributed by atoms with Crippen LogP contribution in [0.25, 0.3) is 0 Å². The number of piperidine rings is 1. The number of aryl methyl sites for hydroxylation is 2. The van der Waals surface area contributed by atoms with Crippen molar-refractivity contribution in [3.8, 4) is 0 Å². The van der Waals surface area contributed by atoms with Crippen LogP contribution in [0.5, 0.6) is 0 Å². The van der Waals surface area contributed by atoms with E-state index in [2.05, 4.69) is 42.2 Å². The third-order valence-electron chi connectivity index (χ3n) is 5.97. The number of hydrogen-bond donors (Lipinski definition) is 2. The van der Waals surface area contributed by atoms with Crippen LogP contribution < -0.4 is 10.6 Å². The maximum Gasteiger partial charge on any atom is 0.233 e. The molecule has 1 atom stereocenters. The molecule has 0 radical (unpaired) electrons. The van der Waals surface area contributed by atoms with Crippen LogP contribution in [-0.2, 0) is 6.42 Å². The monoisotopic (exact) mass is 456 g/mol. The van der Waals surface area contributed by atoms with E-state index < -0.39 is 17.7 Å². The summed E-state index contributed by atoms with van der Waals surface area (Å²) in [7, 11) is 2.14. The third-order valence-corrected chi connectivity index (χ3v) is 5.97. The second-order valence-electron chi connectivity index (χ2n) is 8.56. The maximum absolute atomic E-state index is 14.2. The fraction of sp³-hybridized carbons (Fsp3) is 0.478. The molecular formula is C23H30F2N8. The average molecular weight is 457 g/mol. The van der Waals surface area contributed by atoms with Gasteiger partial charge in [-0.2, -0.15) is 20.1 Å². The second kappa shape index (κ2) is 9.78. The lowest BCUT2D eigenvalue weighted by atomic mass is 10.1. The molecule has 10 heteroatoms. The van der Waals surface area contributed by atoms with E-state index in [4.69, 9.17) is 5.10 Å². The fourth-order valence-corrected chi connectivity index (χ4v) is 4.10. The molecular weight excluding hydrogens is 426 g/mol. The van der Waals surface area contributed by atoms with Gasteiger partial charge in [0, 0.05) is 29.8 Å². The molecule has 0 bridgehead atoms. The Morgan fingerprint density at radius 2 is 1.82 bits per heavy atom. The quantitative estimate of drug-likeness (QED) is 0.545.